The highest BCUT2D eigenvalue weighted by atomic mass is 16.5. The fraction of sp³-hybridized carbons (Fsp3) is 0.222. The summed E-state index contributed by atoms with van der Waals surface area (Å²) in [6, 6.07) is 14.3. The van der Waals surface area contributed by atoms with E-state index in [1.165, 1.54) is 6.92 Å². The summed E-state index contributed by atoms with van der Waals surface area (Å²) < 4.78 is 10.3. The smallest absolute Gasteiger partial charge is 0.310 e. The van der Waals surface area contributed by atoms with Crippen LogP contribution in [0.2, 0.25) is 0 Å². The SMILES string of the molecule is COc1ccc(COC(=O)Cc2ccc(C(C)=O)cc2)cc1. The van der Waals surface area contributed by atoms with Crippen LogP contribution in [0.25, 0.3) is 0 Å². The molecule has 0 saturated heterocycles. The van der Waals surface area contributed by atoms with Crippen LogP contribution in [0, 0.1) is 0 Å². The summed E-state index contributed by atoms with van der Waals surface area (Å²) in [7, 11) is 1.60. The molecule has 0 N–H and O–H groups in total. The molecule has 0 heterocycles. The Labute approximate surface area is 129 Å². The van der Waals surface area contributed by atoms with Crippen molar-refractivity contribution >= 4 is 11.8 Å². The molecule has 0 spiro atoms. The molecule has 4 nitrogen and oxygen atoms in total. The van der Waals surface area contributed by atoms with Crippen LogP contribution in [-0.2, 0) is 22.6 Å². The Bertz CT molecular complexity index is 642. The zero-order chi connectivity index (χ0) is 15.9. The molecule has 2 aromatic rings. The van der Waals surface area contributed by atoms with Crippen molar-refractivity contribution in [3.8, 4) is 5.75 Å². The predicted molar refractivity (Wildman–Crippen MR) is 82.9 cm³/mol. The first-order chi connectivity index (χ1) is 10.6. The van der Waals surface area contributed by atoms with Crippen molar-refractivity contribution in [2.24, 2.45) is 0 Å². The third-order valence-electron chi connectivity index (χ3n) is 3.27. The van der Waals surface area contributed by atoms with Crippen molar-refractivity contribution in [2.45, 2.75) is 20.0 Å². The molecule has 22 heavy (non-hydrogen) atoms. The molecule has 2 rings (SSSR count). The summed E-state index contributed by atoms with van der Waals surface area (Å²) in [5.41, 5.74) is 2.36. The highest BCUT2D eigenvalue weighted by Gasteiger charge is 2.06. The molecule has 0 aliphatic carbocycles. The zero-order valence-electron chi connectivity index (χ0n) is 12.7. The largest absolute Gasteiger partial charge is 0.497 e. The first-order valence-electron chi connectivity index (χ1n) is 6.97. The van der Waals surface area contributed by atoms with Gasteiger partial charge in [0.05, 0.1) is 13.5 Å². The second-order valence-electron chi connectivity index (χ2n) is 4.94. The first-order valence-corrected chi connectivity index (χ1v) is 6.97. The number of hydrogen-bond donors (Lipinski definition) is 0. The van der Waals surface area contributed by atoms with Crippen LogP contribution < -0.4 is 4.74 Å². The van der Waals surface area contributed by atoms with Gasteiger partial charge in [-0.05, 0) is 30.2 Å². The van der Waals surface area contributed by atoms with Crippen LogP contribution in [0.3, 0.4) is 0 Å². The number of esters is 1. The summed E-state index contributed by atoms with van der Waals surface area (Å²) >= 11 is 0. The van der Waals surface area contributed by atoms with Gasteiger partial charge in [0.25, 0.3) is 0 Å². The highest BCUT2D eigenvalue weighted by molar-refractivity contribution is 5.94. The standard InChI is InChI=1S/C18H18O4/c1-13(19)16-7-3-14(4-8-16)11-18(20)22-12-15-5-9-17(21-2)10-6-15/h3-10H,11-12H2,1-2H3. The third-order valence-corrected chi connectivity index (χ3v) is 3.27. The number of hydrogen-bond acceptors (Lipinski definition) is 4. The molecule has 0 amide bonds. The van der Waals surface area contributed by atoms with Crippen LogP contribution in [0.15, 0.2) is 48.5 Å². The minimum absolute atomic E-state index is 0.00799. The van der Waals surface area contributed by atoms with Gasteiger partial charge in [0, 0.05) is 5.56 Å². The number of ketones is 1. The van der Waals surface area contributed by atoms with E-state index in [1.807, 2.05) is 24.3 Å². The molecule has 0 aliphatic heterocycles. The van der Waals surface area contributed by atoms with Gasteiger partial charge in [-0.3, -0.25) is 9.59 Å². The normalized spacial score (nSPS) is 10.1. The van der Waals surface area contributed by atoms with E-state index < -0.39 is 0 Å². The molecule has 0 bridgehead atoms. The molecule has 0 saturated carbocycles. The van der Waals surface area contributed by atoms with E-state index in [9.17, 15) is 9.59 Å². The van der Waals surface area contributed by atoms with E-state index in [0.29, 0.717) is 5.56 Å². The van der Waals surface area contributed by atoms with Gasteiger partial charge < -0.3 is 9.47 Å². The molecule has 0 atom stereocenters. The predicted octanol–water partition coefficient (Wildman–Crippen LogP) is 3.18. The van der Waals surface area contributed by atoms with Crippen LogP contribution in [0.1, 0.15) is 28.4 Å². The lowest BCUT2D eigenvalue weighted by Crippen LogP contribution is -2.08. The number of carbonyl (C=O) groups is 2. The van der Waals surface area contributed by atoms with Crippen LogP contribution in [-0.4, -0.2) is 18.9 Å². The Morgan fingerprint density at radius 2 is 1.50 bits per heavy atom. The summed E-state index contributed by atoms with van der Waals surface area (Å²) in [6.45, 7) is 1.74. The molecule has 0 radical (unpaired) electrons. The van der Waals surface area contributed by atoms with Crippen molar-refractivity contribution in [1.29, 1.82) is 0 Å². The minimum Gasteiger partial charge on any atom is -0.497 e. The Morgan fingerprint density at radius 3 is 2.05 bits per heavy atom. The van der Waals surface area contributed by atoms with Gasteiger partial charge in [0.15, 0.2) is 5.78 Å². The maximum absolute atomic E-state index is 11.8. The van der Waals surface area contributed by atoms with Crippen LogP contribution >= 0.6 is 0 Å². The van der Waals surface area contributed by atoms with E-state index in [2.05, 4.69) is 0 Å². The molecule has 4 heteroatoms. The average Bonchev–Trinajstić information content (AvgIpc) is 2.54. The molecular weight excluding hydrogens is 280 g/mol. The van der Waals surface area contributed by atoms with Gasteiger partial charge in [-0.1, -0.05) is 36.4 Å². The maximum atomic E-state index is 11.8. The molecule has 0 unspecified atom stereocenters. The van der Waals surface area contributed by atoms with Gasteiger partial charge >= 0.3 is 5.97 Å². The van der Waals surface area contributed by atoms with Gasteiger partial charge in [-0.15, -0.1) is 0 Å². The quantitative estimate of drug-likeness (QED) is 0.607. The minimum atomic E-state index is -0.300. The molecule has 0 aliphatic rings. The lowest BCUT2D eigenvalue weighted by atomic mass is 10.1. The van der Waals surface area contributed by atoms with Gasteiger partial charge in [0.1, 0.15) is 12.4 Å². The van der Waals surface area contributed by atoms with E-state index in [0.717, 1.165) is 16.9 Å². The number of Topliss-reactive ketones (excluding diaryl/α,β-unsaturated/α-hetero) is 1. The summed E-state index contributed by atoms with van der Waals surface area (Å²) in [4.78, 5) is 23.0. The summed E-state index contributed by atoms with van der Waals surface area (Å²) in [5.74, 6) is 0.473. The molecule has 2 aromatic carbocycles. The van der Waals surface area contributed by atoms with Crippen molar-refractivity contribution < 1.29 is 19.1 Å². The van der Waals surface area contributed by atoms with E-state index in [-0.39, 0.29) is 24.8 Å². The van der Waals surface area contributed by atoms with Gasteiger partial charge in [0.2, 0.25) is 0 Å². The number of carbonyl (C=O) groups excluding carboxylic acids is 2. The maximum Gasteiger partial charge on any atom is 0.310 e. The fourth-order valence-corrected chi connectivity index (χ4v) is 1.96. The van der Waals surface area contributed by atoms with E-state index in [4.69, 9.17) is 9.47 Å². The molecular formula is C18H18O4. The fourth-order valence-electron chi connectivity index (χ4n) is 1.96. The number of ether oxygens (including phenoxy) is 2. The second kappa shape index (κ2) is 7.41. The van der Waals surface area contributed by atoms with Crippen molar-refractivity contribution in [3.05, 3.63) is 65.2 Å². The lowest BCUT2D eigenvalue weighted by Gasteiger charge is -2.06. The van der Waals surface area contributed by atoms with Crippen molar-refractivity contribution in [1.82, 2.24) is 0 Å². The highest BCUT2D eigenvalue weighted by Crippen LogP contribution is 2.12. The summed E-state index contributed by atoms with van der Waals surface area (Å²) in [5, 5.41) is 0. The Morgan fingerprint density at radius 1 is 0.909 bits per heavy atom. The molecule has 0 aromatic heterocycles. The molecule has 114 valence electrons. The lowest BCUT2D eigenvalue weighted by molar-refractivity contribution is -0.144. The first kappa shape index (κ1) is 15.8. The third kappa shape index (κ3) is 4.45. The van der Waals surface area contributed by atoms with Crippen LogP contribution in [0.5, 0.6) is 5.75 Å². The topological polar surface area (TPSA) is 52.6 Å². The zero-order valence-corrected chi connectivity index (χ0v) is 12.7. The Balaban J connectivity index is 1.85. The van der Waals surface area contributed by atoms with E-state index >= 15 is 0 Å². The van der Waals surface area contributed by atoms with Crippen molar-refractivity contribution in [2.75, 3.05) is 7.11 Å². The number of rotatable bonds is 6. The second-order valence-corrected chi connectivity index (χ2v) is 4.94. The van der Waals surface area contributed by atoms with E-state index in [1.54, 1.807) is 31.4 Å². The van der Waals surface area contributed by atoms with Crippen LogP contribution in [0.4, 0.5) is 0 Å². The number of benzene rings is 2. The summed E-state index contributed by atoms with van der Waals surface area (Å²) in [6.07, 6.45) is 0.189. The molecule has 0 fully saturated rings. The Kier molecular flexibility index (Phi) is 5.31. The van der Waals surface area contributed by atoms with Gasteiger partial charge in [-0.25, -0.2) is 0 Å². The van der Waals surface area contributed by atoms with Crippen molar-refractivity contribution in [3.63, 3.8) is 0 Å². The Hall–Kier alpha value is -2.62. The number of methoxy groups -OCH3 is 1. The average molecular weight is 298 g/mol. The van der Waals surface area contributed by atoms with Gasteiger partial charge in [-0.2, -0.15) is 0 Å². The monoisotopic (exact) mass is 298 g/mol.